The Labute approximate surface area is 147 Å². The van der Waals surface area contributed by atoms with Gasteiger partial charge in [0.1, 0.15) is 11.9 Å². The Morgan fingerprint density at radius 3 is 2.44 bits per heavy atom. The predicted octanol–water partition coefficient (Wildman–Crippen LogP) is 3.13. The van der Waals surface area contributed by atoms with E-state index in [2.05, 4.69) is 5.32 Å². The summed E-state index contributed by atoms with van der Waals surface area (Å²) in [5.41, 5.74) is 7.96. The number of aliphatic hydroxyl groups is 1. The maximum atomic E-state index is 12.1. The molecule has 25 heavy (non-hydrogen) atoms. The van der Waals surface area contributed by atoms with Crippen molar-refractivity contribution in [2.75, 3.05) is 11.1 Å². The molecule has 1 fully saturated rings. The van der Waals surface area contributed by atoms with Gasteiger partial charge in [0.15, 0.2) is 0 Å². The molecule has 4 N–H and O–H groups in total. The van der Waals surface area contributed by atoms with Gasteiger partial charge in [-0.25, -0.2) is 0 Å². The molecule has 5 nitrogen and oxygen atoms in total. The van der Waals surface area contributed by atoms with Crippen molar-refractivity contribution in [3.8, 4) is 5.75 Å². The minimum absolute atomic E-state index is 0.0823. The Hall–Kier alpha value is -2.53. The molecule has 1 saturated carbocycles. The monoisotopic (exact) mass is 340 g/mol. The highest BCUT2D eigenvalue weighted by atomic mass is 16.5. The lowest BCUT2D eigenvalue weighted by molar-refractivity contribution is -0.115. The number of nitrogen functional groups attached to an aromatic ring is 1. The highest BCUT2D eigenvalue weighted by molar-refractivity contribution is 5.92. The molecule has 2 aromatic rings. The largest absolute Gasteiger partial charge is 0.488 e. The number of aliphatic hydroxyl groups excluding tert-OH is 1. The number of ether oxygens (including phenoxy) is 1. The molecule has 1 aliphatic carbocycles. The normalized spacial score (nSPS) is 20.0. The van der Waals surface area contributed by atoms with Crippen molar-refractivity contribution in [3.05, 3.63) is 54.1 Å². The van der Waals surface area contributed by atoms with Crippen LogP contribution in [0.4, 0.5) is 11.4 Å². The van der Waals surface area contributed by atoms with E-state index < -0.39 is 6.10 Å². The van der Waals surface area contributed by atoms with E-state index in [-0.39, 0.29) is 12.0 Å². The van der Waals surface area contributed by atoms with E-state index in [1.165, 1.54) is 0 Å². The Morgan fingerprint density at radius 1 is 1.08 bits per heavy atom. The van der Waals surface area contributed by atoms with Crippen LogP contribution < -0.4 is 15.8 Å². The van der Waals surface area contributed by atoms with Gasteiger partial charge in [-0.05, 0) is 61.2 Å². The standard InChI is InChI=1S/C20H24N2O3/c21-15-7-5-14(6-8-15)13-20(24)22-16-9-11-17(12-10-16)25-19-4-2-1-3-18(19)23/h5-12,18-19,23H,1-4,13,21H2,(H,22,24). The van der Waals surface area contributed by atoms with Gasteiger partial charge in [-0.1, -0.05) is 18.6 Å². The first-order chi connectivity index (χ1) is 12.1. The summed E-state index contributed by atoms with van der Waals surface area (Å²) < 4.78 is 5.86. The quantitative estimate of drug-likeness (QED) is 0.730. The summed E-state index contributed by atoms with van der Waals surface area (Å²) in [6, 6.07) is 14.5. The first-order valence-corrected chi connectivity index (χ1v) is 8.69. The Morgan fingerprint density at radius 2 is 1.76 bits per heavy atom. The van der Waals surface area contributed by atoms with Gasteiger partial charge in [0.2, 0.25) is 5.91 Å². The van der Waals surface area contributed by atoms with Crippen molar-refractivity contribution < 1.29 is 14.6 Å². The van der Waals surface area contributed by atoms with Crippen LogP contribution in [0.3, 0.4) is 0 Å². The van der Waals surface area contributed by atoms with E-state index in [9.17, 15) is 9.90 Å². The molecule has 1 aliphatic rings. The maximum Gasteiger partial charge on any atom is 0.228 e. The third-order valence-electron chi connectivity index (χ3n) is 4.44. The molecule has 2 atom stereocenters. The van der Waals surface area contributed by atoms with Crippen LogP contribution in [-0.2, 0) is 11.2 Å². The molecule has 0 heterocycles. The van der Waals surface area contributed by atoms with Crippen LogP contribution in [-0.4, -0.2) is 23.2 Å². The Bertz CT molecular complexity index is 698. The highest BCUT2D eigenvalue weighted by Crippen LogP contribution is 2.25. The fourth-order valence-corrected chi connectivity index (χ4v) is 3.03. The number of rotatable bonds is 5. The number of benzene rings is 2. The SMILES string of the molecule is Nc1ccc(CC(=O)Nc2ccc(OC3CCCCC3O)cc2)cc1. The number of nitrogens with two attached hydrogens (primary N) is 1. The van der Waals surface area contributed by atoms with Crippen LogP contribution in [0, 0.1) is 0 Å². The Kier molecular flexibility index (Phi) is 5.56. The lowest BCUT2D eigenvalue weighted by Gasteiger charge is -2.28. The van der Waals surface area contributed by atoms with Crippen LogP contribution in [0.1, 0.15) is 31.2 Å². The molecule has 2 aromatic carbocycles. The molecule has 0 radical (unpaired) electrons. The fourth-order valence-electron chi connectivity index (χ4n) is 3.03. The summed E-state index contributed by atoms with van der Waals surface area (Å²) in [6.45, 7) is 0. The number of hydrogen-bond donors (Lipinski definition) is 3. The van der Waals surface area contributed by atoms with E-state index in [0.29, 0.717) is 17.9 Å². The van der Waals surface area contributed by atoms with Crippen LogP contribution in [0.2, 0.25) is 0 Å². The topological polar surface area (TPSA) is 84.6 Å². The van der Waals surface area contributed by atoms with Crippen molar-refractivity contribution in [2.45, 2.75) is 44.3 Å². The van der Waals surface area contributed by atoms with Gasteiger partial charge in [0.25, 0.3) is 0 Å². The van der Waals surface area contributed by atoms with Crippen LogP contribution in [0.5, 0.6) is 5.75 Å². The third-order valence-corrected chi connectivity index (χ3v) is 4.44. The van der Waals surface area contributed by atoms with Gasteiger partial charge in [0, 0.05) is 11.4 Å². The van der Waals surface area contributed by atoms with Gasteiger partial charge in [-0.15, -0.1) is 0 Å². The van der Waals surface area contributed by atoms with Crippen molar-refractivity contribution in [1.29, 1.82) is 0 Å². The summed E-state index contributed by atoms with van der Waals surface area (Å²) in [5, 5.41) is 12.8. The second-order valence-corrected chi connectivity index (χ2v) is 6.50. The van der Waals surface area contributed by atoms with E-state index in [4.69, 9.17) is 10.5 Å². The van der Waals surface area contributed by atoms with E-state index in [1.807, 2.05) is 36.4 Å². The summed E-state index contributed by atoms with van der Waals surface area (Å²) in [5.74, 6) is 0.628. The molecular formula is C20H24N2O3. The average Bonchev–Trinajstić information content (AvgIpc) is 2.61. The molecule has 0 aromatic heterocycles. The van der Waals surface area contributed by atoms with Crippen LogP contribution in [0.15, 0.2) is 48.5 Å². The zero-order chi connectivity index (χ0) is 17.6. The second kappa shape index (κ2) is 8.03. The molecular weight excluding hydrogens is 316 g/mol. The molecule has 0 saturated heterocycles. The van der Waals surface area contributed by atoms with Crippen LogP contribution in [0.25, 0.3) is 0 Å². The zero-order valence-electron chi connectivity index (χ0n) is 14.2. The molecule has 132 valence electrons. The van der Waals surface area contributed by atoms with Crippen molar-refractivity contribution in [2.24, 2.45) is 0 Å². The summed E-state index contributed by atoms with van der Waals surface area (Å²) in [7, 11) is 0. The molecule has 2 unspecified atom stereocenters. The minimum Gasteiger partial charge on any atom is -0.488 e. The van der Waals surface area contributed by atoms with E-state index in [1.54, 1.807) is 12.1 Å². The molecule has 1 amide bonds. The third kappa shape index (κ3) is 4.97. The number of carbonyl (C=O) groups excluding carboxylic acids is 1. The average molecular weight is 340 g/mol. The van der Waals surface area contributed by atoms with Crippen LogP contribution >= 0.6 is 0 Å². The Balaban J connectivity index is 1.53. The maximum absolute atomic E-state index is 12.1. The van der Waals surface area contributed by atoms with Gasteiger partial charge < -0.3 is 20.9 Å². The lowest BCUT2D eigenvalue weighted by atomic mass is 9.95. The van der Waals surface area contributed by atoms with Crippen molar-refractivity contribution >= 4 is 17.3 Å². The van der Waals surface area contributed by atoms with Gasteiger partial charge in [-0.3, -0.25) is 4.79 Å². The number of amides is 1. The first kappa shape index (κ1) is 17.3. The van der Waals surface area contributed by atoms with Crippen molar-refractivity contribution in [1.82, 2.24) is 0 Å². The van der Waals surface area contributed by atoms with E-state index >= 15 is 0 Å². The molecule has 0 bridgehead atoms. The minimum atomic E-state index is -0.395. The smallest absolute Gasteiger partial charge is 0.228 e. The van der Waals surface area contributed by atoms with Gasteiger partial charge in [0.05, 0.1) is 12.5 Å². The predicted molar refractivity (Wildman–Crippen MR) is 98.5 cm³/mol. The van der Waals surface area contributed by atoms with Gasteiger partial charge >= 0.3 is 0 Å². The first-order valence-electron chi connectivity index (χ1n) is 8.69. The molecule has 5 heteroatoms. The molecule has 3 rings (SSSR count). The second-order valence-electron chi connectivity index (χ2n) is 6.50. The number of anilines is 2. The highest BCUT2D eigenvalue weighted by Gasteiger charge is 2.24. The number of hydrogen-bond acceptors (Lipinski definition) is 4. The molecule has 0 aliphatic heterocycles. The fraction of sp³-hybridized carbons (Fsp3) is 0.350. The summed E-state index contributed by atoms with van der Waals surface area (Å²) in [4.78, 5) is 12.1. The summed E-state index contributed by atoms with van der Waals surface area (Å²) in [6.07, 6.45) is 3.58. The van der Waals surface area contributed by atoms with E-state index in [0.717, 1.165) is 36.9 Å². The number of nitrogens with one attached hydrogen (secondary N) is 1. The summed E-state index contributed by atoms with van der Waals surface area (Å²) >= 11 is 0. The van der Waals surface area contributed by atoms with Gasteiger partial charge in [-0.2, -0.15) is 0 Å². The zero-order valence-corrected chi connectivity index (χ0v) is 14.2. The molecule has 0 spiro atoms. The van der Waals surface area contributed by atoms with Crippen molar-refractivity contribution in [3.63, 3.8) is 0 Å². The number of carbonyl (C=O) groups is 1. The lowest BCUT2D eigenvalue weighted by Crippen LogP contribution is -2.34.